The minimum atomic E-state index is 0.0206. The van der Waals surface area contributed by atoms with Gasteiger partial charge < -0.3 is 14.5 Å². The molecule has 0 radical (unpaired) electrons. The summed E-state index contributed by atoms with van der Waals surface area (Å²) in [5.41, 5.74) is 1.56. The molecule has 8 heteroatoms. The fourth-order valence-electron chi connectivity index (χ4n) is 3.81. The Morgan fingerprint density at radius 3 is 2.40 bits per heavy atom. The number of carbonyl (C=O) groups excluding carboxylic acids is 1. The van der Waals surface area contributed by atoms with Crippen molar-refractivity contribution in [2.75, 3.05) is 31.1 Å². The third-order valence-electron chi connectivity index (χ3n) is 5.77. The molecule has 2 heterocycles. The van der Waals surface area contributed by atoms with Crippen molar-refractivity contribution in [3.8, 4) is 11.4 Å². The summed E-state index contributed by atoms with van der Waals surface area (Å²) in [7, 11) is 0. The van der Waals surface area contributed by atoms with Crippen molar-refractivity contribution in [1.82, 2.24) is 25.1 Å². The van der Waals surface area contributed by atoms with E-state index in [1.807, 2.05) is 59.5 Å². The molecule has 2 aliphatic rings. The van der Waals surface area contributed by atoms with Crippen LogP contribution in [0.25, 0.3) is 5.69 Å². The fraction of sp³-hybridized carbons (Fsp3) is 0.364. The van der Waals surface area contributed by atoms with E-state index >= 15 is 0 Å². The zero-order valence-corrected chi connectivity index (χ0v) is 16.7. The number of tetrazole rings is 1. The maximum Gasteiger partial charge on any atom is 0.257 e. The number of aromatic nitrogens is 4. The summed E-state index contributed by atoms with van der Waals surface area (Å²) in [4.78, 5) is 17.2. The predicted molar refractivity (Wildman–Crippen MR) is 112 cm³/mol. The van der Waals surface area contributed by atoms with E-state index in [9.17, 15) is 4.79 Å². The SMILES string of the molecule is O=C(c1ccccc1OC1CCC1)N1CCN(c2nnnn2-c2ccccc2)CC1. The first-order valence-corrected chi connectivity index (χ1v) is 10.4. The van der Waals surface area contributed by atoms with Crippen LogP contribution in [0.2, 0.25) is 0 Å². The van der Waals surface area contributed by atoms with Gasteiger partial charge in [0.15, 0.2) is 0 Å². The Balaban J connectivity index is 1.27. The molecule has 1 aromatic heterocycles. The zero-order valence-electron chi connectivity index (χ0n) is 16.7. The number of hydrogen-bond donors (Lipinski definition) is 0. The number of anilines is 1. The topological polar surface area (TPSA) is 76.4 Å². The highest BCUT2D eigenvalue weighted by Crippen LogP contribution is 2.28. The van der Waals surface area contributed by atoms with E-state index in [1.165, 1.54) is 6.42 Å². The van der Waals surface area contributed by atoms with Crippen LogP contribution in [0.4, 0.5) is 5.95 Å². The fourth-order valence-corrected chi connectivity index (χ4v) is 3.81. The number of piperazine rings is 1. The molecule has 30 heavy (non-hydrogen) atoms. The van der Waals surface area contributed by atoms with E-state index in [1.54, 1.807) is 4.68 Å². The van der Waals surface area contributed by atoms with Crippen LogP contribution < -0.4 is 9.64 Å². The summed E-state index contributed by atoms with van der Waals surface area (Å²) in [5, 5.41) is 12.2. The Morgan fingerprint density at radius 2 is 1.67 bits per heavy atom. The highest BCUT2D eigenvalue weighted by atomic mass is 16.5. The largest absolute Gasteiger partial charge is 0.490 e. The van der Waals surface area contributed by atoms with Gasteiger partial charge in [0, 0.05) is 26.2 Å². The number of hydrogen-bond acceptors (Lipinski definition) is 6. The first-order chi connectivity index (χ1) is 14.8. The summed E-state index contributed by atoms with van der Waals surface area (Å²) in [6.45, 7) is 2.56. The van der Waals surface area contributed by atoms with Gasteiger partial charge in [-0.05, 0) is 54.0 Å². The van der Waals surface area contributed by atoms with Crippen molar-refractivity contribution >= 4 is 11.9 Å². The molecule has 2 fully saturated rings. The predicted octanol–water partition coefficient (Wildman–Crippen LogP) is 2.56. The molecule has 5 rings (SSSR count). The van der Waals surface area contributed by atoms with Gasteiger partial charge in [-0.3, -0.25) is 4.79 Å². The van der Waals surface area contributed by atoms with E-state index < -0.39 is 0 Å². The Hall–Kier alpha value is -3.42. The smallest absolute Gasteiger partial charge is 0.257 e. The summed E-state index contributed by atoms with van der Waals surface area (Å²) >= 11 is 0. The molecule has 3 aromatic rings. The van der Waals surface area contributed by atoms with Crippen molar-refractivity contribution in [1.29, 1.82) is 0 Å². The highest BCUT2D eigenvalue weighted by molar-refractivity contribution is 5.97. The summed E-state index contributed by atoms with van der Waals surface area (Å²) in [6.07, 6.45) is 3.58. The van der Waals surface area contributed by atoms with Crippen LogP contribution >= 0.6 is 0 Å². The zero-order chi connectivity index (χ0) is 20.3. The second kappa shape index (κ2) is 8.14. The number of amides is 1. The summed E-state index contributed by atoms with van der Waals surface area (Å²) < 4.78 is 7.79. The summed E-state index contributed by atoms with van der Waals surface area (Å²) in [6, 6.07) is 17.4. The quantitative estimate of drug-likeness (QED) is 0.651. The second-order valence-electron chi connectivity index (χ2n) is 7.67. The molecule has 1 aliphatic heterocycles. The molecule has 0 unspecified atom stereocenters. The van der Waals surface area contributed by atoms with Crippen LogP contribution in [0.5, 0.6) is 5.75 Å². The molecule has 0 spiro atoms. The number of carbonyl (C=O) groups is 1. The van der Waals surface area contributed by atoms with Crippen LogP contribution in [0.15, 0.2) is 54.6 Å². The summed E-state index contributed by atoms with van der Waals surface area (Å²) in [5.74, 6) is 1.41. The Morgan fingerprint density at radius 1 is 0.933 bits per heavy atom. The first kappa shape index (κ1) is 18.6. The molecule has 8 nitrogen and oxygen atoms in total. The monoisotopic (exact) mass is 404 g/mol. The lowest BCUT2D eigenvalue weighted by Crippen LogP contribution is -2.49. The van der Waals surface area contributed by atoms with E-state index in [2.05, 4.69) is 20.4 Å². The maximum absolute atomic E-state index is 13.2. The van der Waals surface area contributed by atoms with Gasteiger partial charge in [-0.2, -0.15) is 4.68 Å². The van der Waals surface area contributed by atoms with Crippen LogP contribution in [-0.2, 0) is 0 Å². The van der Waals surface area contributed by atoms with Crippen LogP contribution in [0.1, 0.15) is 29.6 Å². The number of nitrogens with zero attached hydrogens (tertiary/aromatic N) is 6. The van der Waals surface area contributed by atoms with E-state index in [0.717, 1.165) is 18.5 Å². The highest BCUT2D eigenvalue weighted by Gasteiger charge is 2.28. The molecule has 1 aliphatic carbocycles. The van der Waals surface area contributed by atoms with Crippen molar-refractivity contribution in [2.24, 2.45) is 0 Å². The standard InChI is InChI=1S/C22H24N6O2/c29-21(19-11-4-5-12-20(19)30-18-9-6-10-18)26-13-15-27(16-14-26)22-23-24-25-28(22)17-7-2-1-3-8-17/h1-5,7-8,11-12,18H,6,9-10,13-16H2. The average molecular weight is 404 g/mol. The van der Waals surface area contributed by atoms with Gasteiger partial charge in [0.25, 0.3) is 5.91 Å². The molecule has 2 aromatic carbocycles. The van der Waals surface area contributed by atoms with Gasteiger partial charge in [-0.25, -0.2) is 0 Å². The van der Waals surface area contributed by atoms with Crippen molar-refractivity contribution in [2.45, 2.75) is 25.4 Å². The minimum Gasteiger partial charge on any atom is -0.490 e. The maximum atomic E-state index is 13.2. The molecule has 0 atom stereocenters. The number of ether oxygens (including phenoxy) is 1. The first-order valence-electron chi connectivity index (χ1n) is 10.4. The second-order valence-corrected chi connectivity index (χ2v) is 7.67. The third-order valence-corrected chi connectivity index (χ3v) is 5.77. The molecular weight excluding hydrogens is 380 g/mol. The normalized spacial score (nSPS) is 16.9. The van der Waals surface area contributed by atoms with Crippen LogP contribution in [0.3, 0.4) is 0 Å². The molecule has 1 amide bonds. The Kier molecular flexibility index (Phi) is 5.04. The molecule has 0 bridgehead atoms. The van der Waals surface area contributed by atoms with E-state index in [-0.39, 0.29) is 12.0 Å². The van der Waals surface area contributed by atoms with Gasteiger partial charge in [-0.1, -0.05) is 35.4 Å². The van der Waals surface area contributed by atoms with Crippen molar-refractivity contribution in [3.05, 3.63) is 60.2 Å². The van der Waals surface area contributed by atoms with Gasteiger partial charge in [0.1, 0.15) is 5.75 Å². The lowest BCUT2D eigenvalue weighted by Gasteiger charge is -2.35. The molecule has 0 N–H and O–H groups in total. The number of benzene rings is 2. The van der Waals surface area contributed by atoms with Gasteiger partial charge in [0.05, 0.1) is 17.4 Å². The van der Waals surface area contributed by atoms with Gasteiger partial charge in [0.2, 0.25) is 5.95 Å². The van der Waals surface area contributed by atoms with Gasteiger partial charge >= 0.3 is 0 Å². The van der Waals surface area contributed by atoms with Crippen LogP contribution in [0, 0.1) is 0 Å². The van der Waals surface area contributed by atoms with Crippen LogP contribution in [-0.4, -0.2) is 63.3 Å². The number of rotatable bonds is 5. The molecule has 154 valence electrons. The minimum absolute atomic E-state index is 0.0206. The molecule has 1 saturated carbocycles. The Bertz CT molecular complexity index is 1010. The Labute approximate surface area is 175 Å². The lowest BCUT2D eigenvalue weighted by atomic mass is 9.96. The number of para-hydroxylation sites is 2. The van der Waals surface area contributed by atoms with Crippen molar-refractivity contribution < 1.29 is 9.53 Å². The average Bonchev–Trinajstić information content (AvgIpc) is 3.27. The van der Waals surface area contributed by atoms with E-state index in [4.69, 9.17) is 4.74 Å². The van der Waals surface area contributed by atoms with Gasteiger partial charge in [-0.15, -0.1) is 0 Å². The lowest BCUT2D eigenvalue weighted by molar-refractivity contribution is 0.0728. The molecule has 1 saturated heterocycles. The van der Waals surface area contributed by atoms with E-state index in [0.29, 0.717) is 43.4 Å². The third kappa shape index (κ3) is 3.60. The molecular formula is C22H24N6O2. The van der Waals surface area contributed by atoms with Crippen molar-refractivity contribution in [3.63, 3.8) is 0 Å².